The summed E-state index contributed by atoms with van der Waals surface area (Å²) in [7, 11) is 4.72. The Morgan fingerprint density at radius 2 is 0.622 bits per heavy atom. The number of carboxylic acid groups (broad SMARTS) is 4. The molecule has 0 rings (SSSR count). The Morgan fingerprint density at radius 3 is 0.649 bits per heavy atom. The number of rotatable bonds is 12. The van der Waals surface area contributed by atoms with E-state index in [2.05, 4.69) is 40.0 Å². The predicted octanol–water partition coefficient (Wildman–Crippen LogP) is -9.46. The van der Waals surface area contributed by atoms with Gasteiger partial charge in [0, 0.05) is 0 Å². The van der Waals surface area contributed by atoms with E-state index >= 15 is 0 Å². The third-order valence-corrected chi connectivity index (χ3v) is 2.35. The quantitative estimate of drug-likeness (QED) is 0.0868. The predicted molar refractivity (Wildman–Crippen MR) is 112 cm³/mol. The second-order valence-corrected chi connectivity index (χ2v) is 4.66. The minimum atomic E-state index is -1.53. The molecule has 0 bridgehead atoms. The number of oxime groups is 4. The van der Waals surface area contributed by atoms with Gasteiger partial charge < -0.3 is 79.4 Å². The average molecular weight is 647 g/mol. The summed E-state index contributed by atoms with van der Waals surface area (Å²) in [5.74, 6) is -6.11. The molecule has 0 aliphatic heterocycles. The molecule has 0 atom stereocenters. The maximum absolute atomic E-state index is 9.84. The molecule has 0 spiro atoms. The maximum Gasteiger partial charge on any atom is 4.00 e. The summed E-state index contributed by atoms with van der Waals surface area (Å²) < 4.78 is 0. The molecule has 0 aromatic carbocycles. The SMILES string of the molecule is CON=C(CO)C(=O)[O-].CON=C(CO)C(=O)[O-].CON=C(CO)C(=O)[O-].CON=C(CO)C(=O)[O-].[Sn+4]. The normalized spacial score (nSPS) is 10.8. The van der Waals surface area contributed by atoms with Gasteiger partial charge in [0.05, 0.1) is 50.3 Å². The van der Waals surface area contributed by atoms with Crippen molar-refractivity contribution in [2.75, 3.05) is 54.9 Å². The van der Waals surface area contributed by atoms with Gasteiger partial charge in [0.1, 0.15) is 51.3 Å². The molecule has 37 heavy (non-hydrogen) atoms. The van der Waals surface area contributed by atoms with Crippen molar-refractivity contribution < 1.29 is 79.4 Å². The van der Waals surface area contributed by atoms with E-state index in [1.165, 1.54) is 28.4 Å². The maximum atomic E-state index is 9.84. The fourth-order valence-electron chi connectivity index (χ4n) is 0.964. The Balaban J connectivity index is -0.000000122. The minimum Gasteiger partial charge on any atom is -0.543 e. The van der Waals surface area contributed by atoms with Gasteiger partial charge in [0.25, 0.3) is 0 Å². The number of aliphatic hydroxyl groups is 4. The van der Waals surface area contributed by atoms with Crippen LogP contribution in [0, 0.1) is 0 Å². The number of carbonyl (C=O) groups is 4. The van der Waals surface area contributed by atoms with Crippen LogP contribution in [0.2, 0.25) is 0 Å². The Morgan fingerprint density at radius 1 is 0.486 bits per heavy atom. The van der Waals surface area contributed by atoms with E-state index in [-0.39, 0.29) is 23.9 Å². The monoisotopic (exact) mass is 648 g/mol. The summed E-state index contributed by atoms with van der Waals surface area (Å²) in [5, 5.41) is 83.9. The molecule has 0 radical (unpaired) electrons. The molecular weight excluding hydrogens is 623 g/mol. The molecule has 0 saturated heterocycles. The zero-order valence-corrected chi connectivity index (χ0v) is 22.7. The third kappa shape index (κ3) is 28.5. The van der Waals surface area contributed by atoms with Gasteiger partial charge in [-0.15, -0.1) is 0 Å². The Kier molecular flexibility index (Phi) is 35.8. The molecule has 208 valence electrons. The smallest absolute Gasteiger partial charge is 0.543 e. The second-order valence-electron chi connectivity index (χ2n) is 4.66. The van der Waals surface area contributed by atoms with Crippen LogP contribution in [0.5, 0.6) is 0 Å². The molecule has 0 aliphatic carbocycles. The molecule has 0 amide bonds. The van der Waals surface area contributed by atoms with E-state index < -0.39 is 73.2 Å². The van der Waals surface area contributed by atoms with Crippen molar-refractivity contribution in [2.45, 2.75) is 0 Å². The average Bonchev–Trinajstić information content (AvgIpc) is 2.83. The zero-order chi connectivity index (χ0) is 29.1. The molecule has 21 heteroatoms. The van der Waals surface area contributed by atoms with Gasteiger partial charge in [-0.2, -0.15) is 0 Å². The van der Waals surface area contributed by atoms with Crippen LogP contribution in [0.4, 0.5) is 0 Å². The van der Waals surface area contributed by atoms with Crippen LogP contribution in [-0.2, 0) is 38.5 Å². The minimum absolute atomic E-state index is 0. The molecule has 0 saturated carbocycles. The summed E-state index contributed by atoms with van der Waals surface area (Å²) in [4.78, 5) is 55.6. The van der Waals surface area contributed by atoms with Gasteiger partial charge >= 0.3 is 23.9 Å². The van der Waals surface area contributed by atoms with E-state index in [0.717, 1.165) is 0 Å². The van der Waals surface area contributed by atoms with Crippen molar-refractivity contribution in [3.63, 3.8) is 0 Å². The molecule has 4 N–H and O–H groups in total. The van der Waals surface area contributed by atoms with Crippen molar-refractivity contribution >= 4 is 70.6 Å². The van der Waals surface area contributed by atoms with Gasteiger partial charge in [0.15, 0.2) is 0 Å². The molecule has 0 fully saturated rings. The van der Waals surface area contributed by atoms with Crippen LogP contribution in [0.25, 0.3) is 0 Å². The van der Waals surface area contributed by atoms with Crippen molar-refractivity contribution in [3.05, 3.63) is 0 Å². The number of carboxylic acids is 4. The van der Waals surface area contributed by atoms with Gasteiger partial charge in [-0.25, -0.2) is 0 Å². The molecule has 0 aromatic rings. The number of nitrogens with zero attached hydrogens (tertiary/aromatic N) is 4. The Hall–Kier alpha value is -3.60. The molecule has 0 heterocycles. The van der Waals surface area contributed by atoms with Gasteiger partial charge in [-0.1, -0.05) is 20.6 Å². The van der Waals surface area contributed by atoms with Crippen molar-refractivity contribution in [3.8, 4) is 0 Å². The second kappa shape index (κ2) is 30.4. The summed E-state index contributed by atoms with van der Waals surface area (Å²) >= 11 is 0. The van der Waals surface area contributed by atoms with E-state index in [9.17, 15) is 39.6 Å². The number of aliphatic carboxylic acids is 4. The summed E-state index contributed by atoms with van der Waals surface area (Å²) in [6.45, 7) is -2.74. The summed E-state index contributed by atoms with van der Waals surface area (Å²) in [6, 6.07) is 0. The van der Waals surface area contributed by atoms with Crippen molar-refractivity contribution in [2.24, 2.45) is 20.6 Å². The number of hydrogen-bond donors (Lipinski definition) is 4. The number of aliphatic hydroxyl groups excluding tert-OH is 4. The largest absolute Gasteiger partial charge is 4.00 e. The number of carbonyl (C=O) groups excluding carboxylic acids is 4. The molecule has 0 unspecified atom stereocenters. The van der Waals surface area contributed by atoms with Crippen LogP contribution in [0.1, 0.15) is 0 Å². The Labute approximate surface area is 225 Å². The van der Waals surface area contributed by atoms with Gasteiger partial charge in [-0.3, -0.25) is 0 Å². The Bertz CT molecular complexity index is 657. The topological polar surface area (TPSA) is 328 Å². The van der Waals surface area contributed by atoms with Gasteiger partial charge in [-0.05, 0) is 0 Å². The fraction of sp³-hybridized carbons (Fsp3) is 0.500. The van der Waals surface area contributed by atoms with E-state index in [1.54, 1.807) is 0 Å². The van der Waals surface area contributed by atoms with Crippen LogP contribution in [-0.4, -0.2) is 146 Å². The van der Waals surface area contributed by atoms with Crippen LogP contribution >= 0.6 is 0 Å². The first-order valence-corrected chi connectivity index (χ1v) is 8.57. The standard InChI is InChI=1S/4C4H7NO4.Sn/c4*1-9-5-3(2-6)4(7)8;/h4*6H,2H2,1H3,(H,7,8);/q;;;;+4/p-4. The zero-order valence-electron chi connectivity index (χ0n) is 19.8. The molecule has 20 nitrogen and oxygen atoms in total. The van der Waals surface area contributed by atoms with Crippen LogP contribution < -0.4 is 20.4 Å². The molecule has 0 aromatic heterocycles. The van der Waals surface area contributed by atoms with Crippen LogP contribution in [0.15, 0.2) is 20.6 Å². The van der Waals surface area contributed by atoms with E-state index in [4.69, 9.17) is 20.4 Å². The first kappa shape index (κ1) is 43.5. The molecular formula is C16H24N4O16Sn. The van der Waals surface area contributed by atoms with Crippen molar-refractivity contribution in [1.82, 2.24) is 0 Å². The van der Waals surface area contributed by atoms with E-state index in [0.29, 0.717) is 0 Å². The first-order valence-electron chi connectivity index (χ1n) is 8.57. The van der Waals surface area contributed by atoms with Crippen LogP contribution in [0.3, 0.4) is 0 Å². The summed E-state index contributed by atoms with van der Waals surface area (Å²) in [5.41, 5.74) is -2.06. The van der Waals surface area contributed by atoms with Gasteiger partial charge in [0.2, 0.25) is 0 Å². The third-order valence-electron chi connectivity index (χ3n) is 2.35. The number of hydrogen-bond acceptors (Lipinski definition) is 20. The van der Waals surface area contributed by atoms with Crippen molar-refractivity contribution in [1.29, 1.82) is 0 Å². The molecule has 0 aliphatic rings. The van der Waals surface area contributed by atoms with E-state index in [1.807, 2.05) is 0 Å². The first-order chi connectivity index (χ1) is 16.9. The fourth-order valence-corrected chi connectivity index (χ4v) is 0.964. The summed E-state index contributed by atoms with van der Waals surface area (Å²) in [6.07, 6.45) is 0.